The highest BCUT2D eigenvalue weighted by molar-refractivity contribution is 9.10. The second-order valence-corrected chi connectivity index (χ2v) is 6.49. The van der Waals surface area contributed by atoms with Crippen molar-refractivity contribution in [2.75, 3.05) is 5.75 Å². The smallest absolute Gasteiger partial charge is 0.192 e. The number of thioether (sulfide) groups is 1. The van der Waals surface area contributed by atoms with E-state index in [0.29, 0.717) is 16.5 Å². The highest BCUT2D eigenvalue weighted by Crippen LogP contribution is 2.28. The molecule has 0 spiro atoms. The van der Waals surface area contributed by atoms with Crippen molar-refractivity contribution < 1.29 is 4.79 Å². The highest BCUT2D eigenvalue weighted by atomic mass is 79.9. The summed E-state index contributed by atoms with van der Waals surface area (Å²) >= 11 is 10.9. The molecule has 106 valence electrons. The zero-order chi connectivity index (χ0) is 14.5. The van der Waals surface area contributed by atoms with E-state index in [-0.39, 0.29) is 5.78 Å². The van der Waals surface area contributed by atoms with Crippen molar-refractivity contribution in [3.05, 3.63) is 45.7 Å². The number of halogens is 2. The van der Waals surface area contributed by atoms with Crippen molar-refractivity contribution in [2.24, 2.45) is 0 Å². The Hall–Kier alpha value is -0.780. The minimum atomic E-state index is 0.0488. The molecule has 1 heterocycles. The minimum Gasteiger partial charge on any atom is -0.291 e. The summed E-state index contributed by atoms with van der Waals surface area (Å²) in [5.74, 6) is 0.394. The van der Waals surface area contributed by atoms with E-state index in [1.165, 1.54) is 11.8 Å². The molecular formula is C14H14BrClN2OS. The third-order valence-electron chi connectivity index (χ3n) is 2.69. The van der Waals surface area contributed by atoms with Gasteiger partial charge in [-0.2, -0.15) is 5.10 Å². The van der Waals surface area contributed by atoms with Crippen LogP contribution in [0.25, 0.3) is 0 Å². The summed E-state index contributed by atoms with van der Waals surface area (Å²) in [5.41, 5.74) is 0.631. The number of benzene rings is 1. The molecule has 0 saturated carbocycles. The zero-order valence-corrected chi connectivity index (χ0v) is 14.1. The summed E-state index contributed by atoms with van der Waals surface area (Å²) in [4.78, 5) is 13.3. The van der Waals surface area contributed by atoms with Crippen LogP contribution in [0.2, 0.25) is 5.02 Å². The number of aryl methyl sites for hydroxylation is 1. The standard InChI is InChI=1S/C14H14BrClN2OS/c1-2-7-18-14(10(15)8-17-18)12(19)9-20-13-6-4-3-5-11(13)16/h3-6,8H,2,7,9H2,1H3. The van der Waals surface area contributed by atoms with Gasteiger partial charge in [0.2, 0.25) is 0 Å². The number of ketones is 1. The third-order valence-corrected chi connectivity index (χ3v) is 4.79. The van der Waals surface area contributed by atoms with Crippen LogP contribution < -0.4 is 0 Å². The van der Waals surface area contributed by atoms with Crippen LogP contribution in [0.1, 0.15) is 23.8 Å². The summed E-state index contributed by atoms with van der Waals surface area (Å²) in [6.45, 7) is 2.80. The average molecular weight is 374 g/mol. The minimum absolute atomic E-state index is 0.0488. The predicted molar refractivity (Wildman–Crippen MR) is 86.7 cm³/mol. The summed E-state index contributed by atoms with van der Waals surface area (Å²) < 4.78 is 2.50. The number of aromatic nitrogens is 2. The SMILES string of the molecule is CCCn1ncc(Br)c1C(=O)CSc1ccccc1Cl. The molecule has 1 aromatic carbocycles. The van der Waals surface area contributed by atoms with Crippen molar-refractivity contribution in [2.45, 2.75) is 24.8 Å². The molecule has 6 heteroatoms. The van der Waals surface area contributed by atoms with Crippen molar-refractivity contribution in [1.82, 2.24) is 9.78 Å². The van der Waals surface area contributed by atoms with Crippen molar-refractivity contribution in [3.63, 3.8) is 0 Å². The molecule has 0 aliphatic heterocycles. The summed E-state index contributed by atoms with van der Waals surface area (Å²) in [6, 6.07) is 7.53. The molecular weight excluding hydrogens is 360 g/mol. The van der Waals surface area contributed by atoms with Gasteiger partial charge in [0.25, 0.3) is 0 Å². The second kappa shape index (κ2) is 7.29. The Morgan fingerprint density at radius 2 is 2.20 bits per heavy atom. The highest BCUT2D eigenvalue weighted by Gasteiger charge is 2.17. The van der Waals surface area contributed by atoms with E-state index in [2.05, 4.69) is 28.0 Å². The molecule has 0 atom stereocenters. The molecule has 0 radical (unpaired) electrons. The molecule has 2 aromatic rings. The first-order chi connectivity index (χ1) is 9.63. The van der Waals surface area contributed by atoms with Gasteiger partial charge in [0.05, 0.1) is 21.4 Å². The second-order valence-electron chi connectivity index (χ2n) is 4.21. The fourth-order valence-corrected chi connectivity index (χ4v) is 3.42. The largest absolute Gasteiger partial charge is 0.291 e. The predicted octanol–water partition coefficient (Wildman–Crippen LogP) is 4.68. The molecule has 0 bridgehead atoms. The normalized spacial score (nSPS) is 10.8. The van der Waals surface area contributed by atoms with E-state index in [1.54, 1.807) is 10.9 Å². The van der Waals surface area contributed by atoms with Crippen LogP contribution in [0.15, 0.2) is 39.8 Å². The average Bonchev–Trinajstić information content (AvgIpc) is 2.79. The van der Waals surface area contributed by atoms with Gasteiger partial charge in [0.15, 0.2) is 5.78 Å². The maximum atomic E-state index is 12.4. The molecule has 0 N–H and O–H groups in total. The van der Waals surface area contributed by atoms with E-state index < -0.39 is 0 Å². The van der Waals surface area contributed by atoms with Crippen LogP contribution in [0.5, 0.6) is 0 Å². The Kier molecular flexibility index (Phi) is 5.69. The first-order valence-corrected chi connectivity index (χ1v) is 8.41. The molecule has 20 heavy (non-hydrogen) atoms. The quantitative estimate of drug-likeness (QED) is 0.544. The van der Waals surface area contributed by atoms with E-state index in [1.807, 2.05) is 24.3 Å². The van der Waals surface area contributed by atoms with E-state index in [9.17, 15) is 4.79 Å². The van der Waals surface area contributed by atoms with Gasteiger partial charge >= 0.3 is 0 Å². The summed E-state index contributed by atoms with van der Waals surface area (Å²) in [5, 5.41) is 4.89. The summed E-state index contributed by atoms with van der Waals surface area (Å²) in [6.07, 6.45) is 2.61. The van der Waals surface area contributed by atoms with E-state index >= 15 is 0 Å². The van der Waals surface area contributed by atoms with Gasteiger partial charge in [0.1, 0.15) is 5.69 Å². The van der Waals surface area contributed by atoms with E-state index in [0.717, 1.165) is 22.3 Å². The number of hydrogen-bond donors (Lipinski definition) is 0. The molecule has 1 aromatic heterocycles. The van der Waals surface area contributed by atoms with Gasteiger partial charge in [-0.25, -0.2) is 0 Å². The van der Waals surface area contributed by atoms with Crippen molar-refractivity contribution >= 4 is 45.1 Å². The molecule has 3 nitrogen and oxygen atoms in total. The van der Waals surface area contributed by atoms with Crippen molar-refractivity contribution in [1.29, 1.82) is 0 Å². The van der Waals surface area contributed by atoms with E-state index in [4.69, 9.17) is 11.6 Å². The number of carbonyl (C=O) groups excluding carboxylic acids is 1. The number of rotatable bonds is 6. The molecule has 0 unspecified atom stereocenters. The van der Waals surface area contributed by atoms with Crippen LogP contribution >= 0.6 is 39.3 Å². The number of carbonyl (C=O) groups is 1. The van der Waals surface area contributed by atoms with Crippen LogP contribution in [0.4, 0.5) is 0 Å². The first kappa shape index (κ1) is 15.6. The number of nitrogens with zero attached hydrogens (tertiary/aromatic N) is 2. The zero-order valence-electron chi connectivity index (χ0n) is 11.0. The van der Waals surface area contributed by atoms with Gasteiger partial charge < -0.3 is 0 Å². The molecule has 0 fully saturated rings. The third kappa shape index (κ3) is 3.65. The fraction of sp³-hybridized carbons (Fsp3) is 0.286. The molecule has 2 rings (SSSR count). The Morgan fingerprint density at radius 1 is 1.45 bits per heavy atom. The first-order valence-electron chi connectivity index (χ1n) is 6.25. The van der Waals surface area contributed by atoms with Gasteiger partial charge in [-0.3, -0.25) is 9.48 Å². The lowest BCUT2D eigenvalue weighted by molar-refractivity contribution is 0.101. The Morgan fingerprint density at radius 3 is 2.90 bits per heavy atom. The van der Waals surface area contributed by atoms with Crippen LogP contribution in [-0.2, 0) is 6.54 Å². The molecule has 0 aliphatic rings. The molecule has 0 saturated heterocycles. The van der Waals surface area contributed by atoms with Crippen LogP contribution in [-0.4, -0.2) is 21.3 Å². The lowest BCUT2D eigenvalue weighted by atomic mass is 10.3. The van der Waals surface area contributed by atoms with Crippen LogP contribution in [0, 0.1) is 0 Å². The van der Waals surface area contributed by atoms with Gasteiger partial charge in [-0.1, -0.05) is 30.7 Å². The molecule has 0 amide bonds. The van der Waals surface area contributed by atoms with Crippen LogP contribution in [0.3, 0.4) is 0 Å². The number of Topliss-reactive ketones (excluding diaryl/α,β-unsaturated/α-hetero) is 1. The van der Waals surface area contributed by atoms with Gasteiger partial charge in [-0.05, 0) is 34.5 Å². The summed E-state index contributed by atoms with van der Waals surface area (Å²) in [7, 11) is 0. The Bertz CT molecular complexity index is 615. The van der Waals surface area contributed by atoms with Gasteiger partial charge in [-0.15, -0.1) is 11.8 Å². The maximum Gasteiger partial charge on any atom is 0.192 e. The Labute approximate surface area is 135 Å². The molecule has 0 aliphatic carbocycles. The maximum absolute atomic E-state index is 12.4. The fourth-order valence-electron chi connectivity index (χ4n) is 1.79. The topological polar surface area (TPSA) is 34.9 Å². The monoisotopic (exact) mass is 372 g/mol. The van der Waals surface area contributed by atoms with Gasteiger partial charge in [0, 0.05) is 11.4 Å². The lowest BCUT2D eigenvalue weighted by Crippen LogP contribution is -2.12. The lowest BCUT2D eigenvalue weighted by Gasteiger charge is -2.07. The van der Waals surface area contributed by atoms with Crippen molar-refractivity contribution in [3.8, 4) is 0 Å². The number of hydrogen-bond acceptors (Lipinski definition) is 3. The Balaban J connectivity index is 2.09.